The highest BCUT2D eigenvalue weighted by Gasteiger charge is 2.67. The van der Waals surface area contributed by atoms with Crippen molar-refractivity contribution < 1.29 is 18.3 Å². The van der Waals surface area contributed by atoms with Gasteiger partial charge in [-0.3, -0.25) is 14.7 Å². The van der Waals surface area contributed by atoms with E-state index in [1.54, 1.807) is 29.2 Å². The van der Waals surface area contributed by atoms with E-state index in [1.165, 1.54) is 13.0 Å². The van der Waals surface area contributed by atoms with Gasteiger partial charge in [-0.15, -0.1) is 0 Å². The van der Waals surface area contributed by atoms with Gasteiger partial charge in [0.25, 0.3) is 0 Å². The predicted octanol–water partition coefficient (Wildman–Crippen LogP) is 2.39. The van der Waals surface area contributed by atoms with Crippen molar-refractivity contribution in [3.8, 4) is 5.75 Å². The van der Waals surface area contributed by atoms with Crippen molar-refractivity contribution in [1.82, 2.24) is 4.48 Å². The zero-order valence-corrected chi connectivity index (χ0v) is 15.0. The fraction of sp³-hybridized carbons (Fsp3) is 0.263. The third kappa shape index (κ3) is 2.18. The van der Waals surface area contributed by atoms with Gasteiger partial charge < -0.3 is 4.74 Å². The number of hydrogen-bond acceptors (Lipinski definition) is 3. The summed E-state index contributed by atoms with van der Waals surface area (Å²) in [7, 11) is 0. The second-order valence-electron chi connectivity index (χ2n) is 6.95. The monoisotopic (exact) mass is 390 g/mol. The summed E-state index contributed by atoms with van der Waals surface area (Å²) >= 11 is 6.15. The Kier molecular flexibility index (Phi) is 3.39. The van der Waals surface area contributed by atoms with E-state index in [0.717, 1.165) is 10.6 Å². The van der Waals surface area contributed by atoms with Crippen LogP contribution in [0.5, 0.6) is 5.75 Å². The number of quaternary nitrogens is 1. The van der Waals surface area contributed by atoms with E-state index in [2.05, 4.69) is 0 Å². The SMILES string of the molecule is CC(=O)N1c2cccc(OC(F)F)c2[N@+]23C=c4cc(Cl)ccc4=N[C@H](C2)C13. The van der Waals surface area contributed by atoms with Gasteiger partial charge in [-0.25, -0.2) is 4.48 Å². The molecular weight excluding hydrogens is 376 g/mol. The molecule has 2 bridgehead atoms. The molecule has 1 amide bonds. The molecule has 27 heavy (non-hydrogen) atoms. The predicted molar refractivity (Wildman–Crippen MR) is 97.2 cm³/mol. The standard InChI is InChI=1S/C19H15ClF2N3O2/c1-10(26)24-15-3-2-4-16(27-19(21)22)17(15)25-8-11-7-12(20)5-6-13(11)23-14(9-25)18(24)25/h2-8,14,18-19H,9H2,1H3/q+1/t14-,18?,25+/m1/s1. The van der Waals surface area contributed by atoms with E-state index >= 15 is 0 Å². The number of ether oxygens (including phenoxy) is 1. The molecule has 0 saturated carbocycles. The molecule has 1 fully saturated rings. The molecule has 1 unspecified atom stereocenters. The van der Waals surface area contributed by atoms with Crippen LogP contribution in [0.2, 0.25) is 5.02 Å². The summed E-state index contributed by atoms with van der Waals surface area (Å²) in [6.45, 7) is -0.908. The second-order valence-corrected chi connectivity index (χ2v) is 7.38. The maximum absolute atomic E-state index is 13.0. The number of nitrogens with zero attached hydrogens (tertiary/aromatic N) is 3. The number of alkyl halides is 2. The topological polar surface area (TPSA) is 41.9 Å². The molecule has 3 heterocycles. The lowest BCUT2D eigenvalue weighted by molar-refractivity contribution is -0.118. The molecule has 5 nitrogen and oxygen atoms in total. The van der Waals surface area contributed by atoms with Crippen LogP contribution in [0.3, 0.4) is 0 Å². The van der Waals surface area contributed by atoms with Gasteiger partial charge in [0.15, 0.2) is 11.8 Å². The molecule has 138 valence electrons. The Morgan fingerprint density at radius 3 is 2.93 bits per heavy atom. The Hall–Kier alpha value is -2.51. The van der Waals surface area contributed by atoms with E-state index in [1.807, 2.05) is 12.3 Å². The highest BCUT2D eigenvalue weighted by atomic mass is 35.5. The highest BCUT2D eigenvalue weighted by Crippen LogP contribution is 2.57. The van der Waals surface area contributed by atoms with E-state index in [4.69, 9.17) is 21.3 Å². The summed E-state index contributed by atoms with van der Waals surface area (Å²) in [5.41, 5.74) is 1.15. The van der Waals surface area contributed by atoms with Crippen LogP contribution in [-0.4, -0.2) is 31.3 Å². The number of benzene rings is 2. The van der Waals surface area contributed by atoms with Gasteiger partial charge in [-0.2, -0.15) is 8.78 Å². The summed E-state index contributed by atoms with van der Waals surface area (Å²) in [5.74, 6) is -0.0795. The Bertz CT molecular complexity index is 1110. The van der Waals surface area contributed by atoms with Crippen LogP contribution in [0.15, 0.2) is 41.4 Å². The van der Waals surface area contributed by atoms with Crippen molar-refractivity contribution in [1.29, 1.82) is 0 Å². The highest BCUT2D eigenvalue weighted by molar-refractivity contribution is 6.30. The lowest BCUT2D eigenvalue weighted by atomic mass is 9.99. The van der Waals surface area contributed by atoms with Crippen molar-refractivity contribution in [2.24, 2.45) is 4.99 Å². The molecule has 0 radical (unpaired) electrons. The zero-order chi connectivity index (χ0) is 18.9. The van der Waals surface area contributed by atoms with Gasteiger partial charge in [0.1, 0.15) is 18.4 Å². The third-order valence-electron chi connectivity index (χ3n) is 5.44. The maximum Gasteiger partial charge on any atom is 0.387 e. The summed E-state index contributed by atoms with van der Waals surface area (Å²) in [6, 6.07) is 10.2. The van der Waals surface area contributed by atoms with Gasteiger partial charge in [0, 0.05) is 11.9 Å². The molecule has 3 aliphatic rings. The lowest BCUT2D eigenvalue weighted by Crippen LogP contribution is -2.74. The number of carbonyl (C=O) groups is 1. The molecule has 0 N–H and O–H groups in total. The normalized spacial score (nSPS) is 26.8. The lowest BCUT2D eigenvalue weighted by Gasteiger charge is -2.49. The van der Waals surface area contributed by atoms with Crippen molar-refractivity contribution in [2.45, 2.75) is 25.7 Å². The fourth-order valence-corrected chi connectivity index (χ4v) is 4.75. The summed E-state index contributed by atoms with van der Waals surface area (Å²) in [6.07, 6.45) is 1.64. The number of amides is 1. The number of para-hydroxylation sites is 1. The minimum Gasteiger partial charge on any atom is -0.428 e. The van der Waals surface area contributed by atoms with Crippen LogP contribution in [-0.2, 0) is 4.79 Å². The minimum atomic E-state index is -2.95. The fourth-order valence-electron chi connectivity index (χ4n) is 4.57. The average molecular weight is 391 g/mol. The second kappa shape index (κ2) is 5.50. The first-order valence-electron chi connectivity index (χ1n) is 8.53. The van der Waals surface area contributed by atoms with Crippen molar-refractivity contribution in [3.63, 3.8) is 0 Å². The van der Waals surface area contributed by atoms with Gasteiger partial charge >= 0.3 is 6.61 Å². The Labute approximate surface area is 158 Å². The molecule has 1 spiro atoms. The Morgan fingerprint density at radius 2 is 2.19 bits per heavy atom. The molecule has 1 saturated heterocycles. The van der Waals surface area contributed by atoms with Gasteiger partial charge in [-0.05, 0) is 30.3 Å². The van der Waals surface area contributed by atoms with Gasteiger partial charge in [0.05, 0.1) is 10.6 Å². The number of hydrogen-bond donors (Lipinski definition) is 0. The van der Waals surface area contributed by atoms with Crippen molar-refractivity contribution in [3.05, 3.63) is 52.0 Å². The van der Waals surface area contributed by atoms with Gasteiger partial charge in [0.2, 0.25) is 17.8 Å². The van der Waals surface area contributed by atoms with Crippen LogP contribution in [0, 0.1) is 0 Å². The molecule has 0 aliphatic carbocycles. The van der Waals surface area contributed by atoms with E-state index < -0.39 is 6.61 Å². The summed E-state index contributed by atoms with van der Waals surface area (Å²) < 4.78 is 31.1. The molecule has 2 aromatic carbocycles. The molecular formula is C19H15ClF2N3O2+. The molecule has 3 atom stereocenters. The third-order valence-corrected chi connectivity index (χ3v) is 5.68. The van der Waals surface area contributed by atoms with Crippen molar-refractivity contribution in [2.75, 3.05) is 11.4 Å². The average Bonchev–Trinajstić information content (AvgIpc) is 2.70. The first-order valence-corrected chi connectivity index (χ1v) is 8.90. The maximum atomic E-state index is 13.0. The number of rotatable bonds is 2. The van der Waals surface area contributed by atoms with E-state index in [0.29, 0.717) is 22.9 Å². The number of fused-ring (bicyclic) bond motifs is 4. The van der Waals surface area contributed by atoms with Crippen LogP contribution < -0.4 is 24.7 Å². The minimum absolute atomic E-state index is 0.0800. The molecule has 2 aromatic rings. The largest absolute Gasteiger partial charge is 0.428 e. The number of anilines is 1. The Balaban J connectivity index is 1.82. The van der Waals surface area contributed by atoms with E-state index in [-0.39, 0.29) is 28.3 Å². The Morgan fingerprint density at radius 1 is 1.37 bits per heavy atom. The van der Waals surface area contributed by atoms with Crippen LogP contribution in [0.25, 0.3) is 6.20 Å². The number of carbonyl (C=O) groups excluding carboxylic acids is 1. The zero-order valence-electron chi connectivity index (χ0n) is 14.3. The molecule has 0 aromatic heterocycles. The quantitative estimate of drug-likeness (QED) is 0.739. The molecule has 8 heteroatoms. The first-order chi connectivity index (χ1) is 12.9. The van der Waals surface area contributed by atoms with Crippen LogP contribution >= 0.6 is 11.6 Å². The number of halogens is 3. The van der Waals surface area contributed by atoms with Gasteiger partial charge in [-0.1, -0.05) is 17.7 Å². The molecule has 5 rings (SSSR count). The van der Waals surface area contributed by atoms with Crippen LogP contribution in [0.4, 0.5) is 20.2 Å². The molecule has 3 aliphatic heterocycles. The van der Waals surface area contributed by atoms with E-state index in [9.17, 15) is 13.6 Å². The summed E-state index contributed by atoms with van der Waals surface area (Å²) in [5, 5.41) is 2.16. The van der Waals surface area contributed by atoms with Crippen molar-refractivity contribution >= 4 is 35.1 Å². The summed E-state index contributed by atoms with van der Waals surface area (Å²) in [4.78, 5) is 18.9. The first kappa shape index (κ1) is 16.6. The smallest absolute Gasteiger partial charge is 0.387 e. The van der Waals surface area contributed by atoms with Crippen LogP contribution in [0.1, 0.15) is 6.92 Å².